The maximum absolute atomic E-state index is 12.6. The van der Waals surface area contributed by atoms with Crippen molar-refractivity contribution < 1.29 is 9.53 Å². The number of likely N-dealkylation sites (tertiary alicyclic amines) is 1. The first-order valence-electron chi connectivity index (χ1n) is 9.23. The monoisotopic (exact) mass is 383 g/mol. The van der Waals surface area contributed by atoms with Gasteiger partial charge in [0.05, 0.1) is 23.0 Å². The number of para-hydroxylation sites is 2. The molecule has 1 amide bonds. The van der Waals surface area contributed by atoms with Gasteiger partial charge in [0.25, 0.3) is 0 Å². The highest BCUT2D eigenvalue weighted by Crippen LogP contribution is 2.24. The SMILES string of the molecule is O=C(OCc1ccccc1)N1CCC[C@@H]1Cn1c(CCl)nc2ccccc21. The summed E-state index contributed by atoms with van der Waals surface area (Å²) in [6.07, 6.45) is 1.68. The molecule has 1 atom stereocenters. The van der Waals surface area contributed by atoms with Gasteiger partial charge in [-0.3, -0.25) is 0 Å². The van der Waals surface area contributed by atoms with Crippen molar-refractivity contribution in [1.82, 2.24) is 14.5 Å². The number of carbonyl (C=O) groups excluding carboxylic acids is 1. The first-order chi connectivity index (χ1) is 13.3. The molecule has 3 aromatic rings. The highest BCUT2D eigenvalue weighted by Gasteiger charge is 2.31. The average molecular weight is 384 g/mol. The molecule has 1 saturated heterocycles. The van der Waals surface area contributed by atoms with Gasteiger partial charge in [-0.15, -0.1) is 11.6 Å². The molecule has 1 aliphatic rings. The summed E-state index contributed by atoms with van der Waals surface area (Å²) in [5.41, 5.74) is 2.98. The van der Waals surface area contributed by atoms with Crippen LogP contribution in [0.15, 0.2) is 54.6 Å². The molecule has 0 spiro atoms. The lowest BCUT2D eigenvalue weighted by molar-refractivity contribution is 0.0895. The van der Waals surface area contributed by atoms with Crippen molar-refractivity contribution in [3.63, 3.8) is 0 Å². The minimum Gasteiger partial charge on any atom is -0.445 e. The number of alkyl halides is 1. The van der Waals surface area contributed by atoms with E-state index in [4.69, 9.17) is 16.3 Å². The van der Waals surface area contributed by atoms with E-state index in [1.165, 1.54) is 0 Å². The molecule has 0 bridgehead atoms. The van der Waals surface area contributed by atoms with E-state index in [1.807, 2.05) is 59.5 Å². The smallest absolute Gasteiger partial charge is 0.410 e. The molecule has 2 heterocycles. The molecule has 2 aromatic carbocycles. The topological polar surface area (TPSA) is 47.4 Å². The first kappa shape index (κ1) is 17.9. The zero-order valence-electron chi connectivity index (χ0n) is 15.1. The zero-order valence-corrected chi connectivity index (χ0v) is 15.8. The Morgan fingerprint density at radius 2 is 1.93 bits per heavy atom. The molecule has 0 aliphatic carbocycles. The number of rotatable bonds is 5. The fourth-order valence-corrected chi connectivity index (χ4v) is 3.91. The Kier molecular flexibility index (Phi) is 5.30. The normalized spacial score (nSPS) is 16.8. The summed E-state index contributed by atoms with van der Waals surface area (Å²) in [4.78, 5) is 19.1. The molecule has 140 valence electrons. The number of benzene rings is 2. The van der Waals surface area contributed by atoms with Gasteiger partial charge in [0.1, 0.15) is 12.4 Å². The Balaban J connectivity index is 1.48. The molecule has 0 N–H and O–H groups in total. The van der Waals surface area contributed by atoms with Gasteiger partial charge in [-0.1, -0.05) is 42.5 Å². The van der Waals surface area contributed by atoms with Crippen molar-refractivity contribution >= 4 is 28.7 Å². The third kappa shape index (κ3) is 3.78. The van der Waals surface area contributed by atoms with Crippen LogP contribution in [0.3, 0.4) is 0 Å². The van der Waals surface area contributed by atoms with Crippen LogP contribution in [-0.2, 0) is 23.8 Å². The second kappa shape index (κ2) is 8.01. The number of hydrogen-bond acceptors (Lipinski definition) is 3. The molecule has 4 rings (SSSR count). The van der Waals surface area contributed by atoms with Crippen LogP contribution in [0.1, 0.15) is 24.2 Å². The summed E-state index contributed by atoms with van der Waals surface area (Å²) in [6, 6.07) is 17.9. The average Bonchev–Trinajstić information content (AvgIpc) is 3.32. The van der Waals surface area contributed by atoms with E-state index in [9.17, 15) is 4.79 Å². The van der Waals surface area contributed by atoms with E-state index in [2.05, 4.69) is 9.55 Å². The van der Waals surface area contributed by atoms with Crippen molar-refractivity contribution in [2.75, 3.05) is 6.54 Å². The van der Waals surface area contributed by atoms with Gasteiger partial charge in [-0.05, 0) is 30.5 Å². The number of halogens is 1. The van der Waals surface area contributed by atoms with Crippen LogP contribution in [0.5, 0.6) is 0 Å². The molecule has 5 nitrogen and oxygen atoms in total. The van der Waals surface area contributed by atoms with Crippen molar-refractivity contribution in [3.8, 4) is 0 Å². The molecule has 0 radical (unpaired) electrons. The lowest BCUT2D eigenvalue weighted by Crippen LogP contribution is -2.38. The zero-order chi connectivity index (χ0) is 18.6. The molecule has 27 heavy (non-hydrogen) atoms. The predicted molar refractivity (Wildman–Crippen MR) is 106 cm³/mol. The van der Waals surface area contributed by atoms with Crippen LogP contribution in [0, 0.1) is 0 Å². The molecule has 0 saturated carbocycles. The van der Waals surface area contributed by atoms with E-state index in [1.54, 1.807) is 0 Å². The van der Waals surface area contributed by atoms with Crippen molar-refractivity contribution in [1.29, 1.82) is 0 Å². The summed E-state index contributed by atoms with van der Waals surface area (Å²) in [7, 11) is 0. The van der Waals surface area contributed by atoms with Gasteiger partial charge in [-0.2, -0.15) is 0 Å². The van der Waals surface area contributed by atoms with Gasteiger partial charge in [0.2, 0.25) is 0 Å². The minimum absolute atomic E-state index is 0.0906. The standard InChI is InChI=1S/C21H22ClN3O2/c22-13-20-23-18-10-4-5-11-19(18)25(20)14-17-9-6-12-24(17)21(26)27-15-16-7-2-1-3-8-16/h1-5,7-8,10-11,17H,6,9,12-15H2/t17-/m1/s1. The number of aromatic nitrogens is 2. The van der Waals surface area contributed by atoms with Crippen LogP contribution in [0.4, 0.5) is 4.79 Å². The first-order valence-corrected chi connectivity index (χ1v) is 9.77. The van der Waals surface area contributed by atoms with E-state index >= 15 is 0 Å². The second-order valence-electron chi connectivity index (χ2n) is 6.79. The van der Waals surface area contributed by atoms with Crippen LogP contribution >= 0.6 is 11.6 Å². The highest BCUT2D eigenvalue weighted by atomic mass is 35.5. The van der Waals surface area contributed by atoms with Gasteiger partial charge in [-0.25, -0.2) is 9.78 Å². The molecular formula is C21H22ClN3O2. The molecule has 0 unspecified atom stereocenters. The summed E-state index contributed by atoms with van der Waals surface area (Å²) < 4.78 is 7.68. The summed E-state index contributed by atoms with van der Waals surface area (Å²) in [5, 5.41) is 0. The number of ether oxygens (including phenoxy) is 1. The number of fused-ring (bicyclic) bond motifs is 1. The Bertz CT molecular complexity index is 926. The quantitative estimate of drug-likeness (QED) is 0.606. The predicted octanol–water partition coefficient (Wildman–Crippen LogP) is 4.58. The molecular weight excluding hydrogens is 362 g/mol. The van der Waals surface area contributed by atoms with Gasteiger partial charge >= 0.3 is 6.09 Å². The largest absolute Gasteiger partial charge is 0.445 e. The van der Waals surface area contributed by atoms with Gasteiger partial charge < -0.3 is 14.2 Å². The summed E-state index contributed by atoms with van der Waals surface area (Å²) in [5.74, 6) is 1.18. The Morgan fingerprint density at radius 3 is 2.74 bits per heavy atom. The van der Waals surface area contributed by atoms with E-state index < -0.39 is 0 Å². The van der Waals surface area contributed by atoms with Crippen molar-refractivity contribution in [2.24, 2.45) is 0 Å². The third-order valence-electron chi connectivity index (χ3n) is 5.06. The van der Waals surface area contributed by atoms with Crippen molar-refractivity contribution in [3.05, 3.63) is 66.0 Å². The van der Waals surface area contributed by atoms with Gasteiger partial charge in [0, 0.05) is 13.1 Å². The maximum Gasteiger partial charge on any atom is 0.410 e. The number of carbonyl (C=O) groups is 1. The van der Waals surface area contributed by atoms with Crippen molar-refractivity contribution in [2.45, 2.75) is 37.9 Å². The number of imidazole rings is 1. The van der Waals surface area contributed by atoms with Crippen LogP contribution in [-0.4, -0.2) is 33.1 Å². The van der Waals surface area contributed by atoms with Crippen LogP contribution in [0.25, 0.3) is 11.0 Å². The third-order valence-corrected chi connectivity index (χ3v) is 5.30. The van der Waals surface area contributed by atoms with Crippen LogP contribution in [0.2, 0.25) is 0 Å². The Labute approximate surface area is 163 Å². The van der Waals surface area contributed by atoms with Gasteiger partial charge in [0.15, 0.2) is 0 Å². The minimum atomic E-state index is -0.252. The maximum atomic E-state index is 12.6. The second-order valence-corrected chi connectivity index (χ2v) is 7.06. The number of nitrogens with zero attached hydrogens (tertiary/aromatic N) is 3. The Morgan fingerprint density at radius 1 is 1.15 bits per heavy atom. The van der Waals surface area contributed by atoms with E-state index in [0.717, 1.165) is 41.8 Å². The van der Waals surface area contributed by atoms with E-state index in [-0.39, 0.29) is 12.1 Å². The summed E-state index contributed by atoms with van der Waals surface area (Å²) >= 11 is 6.12. The molecule has 1 fully saturated rings. The molecule has 6 heteroatoms. The number of hydrogen-bond donors (Lipinski definition) is 0. The Hall–Kier alpha value is -2.53. The fourth-order valence-electron chi connectivity index (χ4n) is 3.71. The van der Waals surface area contributed by atoms with E-state index in [0.29, 0.717) is 19.0 Å². The number of amides is 1. The fraction of sp³-hybridized carbons (Fsp3) is 0.333. The molecule has 1 aromatic heterocycles. The lowest BCUT2D eigenvalue weighted by atomic mass is 10.2. The highest BCUT2D eigenvalue weighted by molar-refractivity contribution is 6.16. The van der Waals surface area contributed by atoms with Crippen LogP contribution < -0.4 is 0 Å². The molecule has 1 aliphatic heterocycles. The lowest BCUT2D eigenvalue weighted by Gasteiger charge is -2.25. The summed E-state index contributed by atoms with van der Waals surface area (Å²) in [6.45, 7) is 1.70.